The van der Waals surface area contributed by atoms with Gasteiger partial charge in [0.15, 0.2) is 6.61 Å². The Morgan fingerprint density at radius 2 is 1.48 bits per heavy atom. The molecule has 112 valence electrons. The van der Waals surface area contributed by atoms with Crippen molar-refractivity contribution in [1.29, 1.82) is 0 Å². The molecule has 0 spiro atoms. The molecule has 0 aliphatic carbocycles. The van der Waals surface area contributed by atoms with Gasteiger partial charge in [0, 0.05) is 16.9 Å². The average Bonchev–Trinajstić information content (AvgIpc) is 2.62. The smallest absolute Gasteiger partial charge is 0.265 e. The highest BCUT2D eigenvalue weighted by molar-refractivity contribution is 6.13. The minimum absolute atomic E-state index is 0.632. The Morgan fingerprint density at radius 1 is 0.783 bits per heavy atom. The molecule has 4 aromatic rings. The molecule has 0 aliphatic rings. The second-order valence-electron chi connectivity index (χ2n) is 5.52. The molecule has 2 nitrogen and oxygen atoms in total. The predicted molar refractivity (Wildman–Crippen MR) is 94.2 cm³/mol. The largest absolute Gasteiger partial charge is 0.271 e. The summed E-state index contributed by atoms with van der Waals surface area (Å²) in [6.07, 6.45) is 1.96. The van der Waals surface area contributed by atoms with E-state index in [1.165, 1.54) is 27.1 Å². The van der Waals surface area contributed by atoms with Crippen molar-refractivity contribution in [2.45, 2.75) is 6.92 Å². The van der Waals surface area contributed by atoms with Crippen molar-refractivity contribution in [3.8, 4) is 11.3 Å². The van der Waals surface area contributed by atoms with E-state index >= 15 is 0 Å². The van der Waals surface area contributed by atoms with E-state index in [-0.39, 0.29) is 0 Å². The summed E-state index contributed by atoms with van der Waals surface area (Å²) in [5.74, 6) is 0. The van der Waals surface area contributed by atoms with Crippen LogP contribution in [0.15, 0.2) is 79.0 Å². The molecule has 23 heavy (non-hydrogen) atoms. The fourth-order valence-corrected chi connectivity index (χ4v) is 3.15. The van der Waals surface area contributed by atoms with E-state index in [0.717, 1.165) is 5.69 Å². The molecule has 0 aliphatic heterocycles. The minimum Gasteiger partial charge on any atom is -0.271 e. The first-order valence-electron chi connectivity index (χ1n) is 7.93. The number of nitrogens with zero attached hydrogens (tertiary/aromatic N) is 1. The average molecular weight is 300 g/mol. The van der Waals surface area contributed by atoms with Gasteiger partial charge in [-0.2, -0.15) is 0 Å². The third-order valence-electron chi connectivity index (χ3n) is 4.14. The number of pyridine rings is 1. The molecule has 4 rings (SSSR count). The first-order valence-corrected chi connectivity index (χ1v) is 7.93. The summed E-state index contributed by atoms with van der Waals surface area (Å²) in [5, 5.41) is 5.04. The van der Waals surface area contributed by atoms with Crippen molar-refractivity contribution in [3.63, 3.8) is 0 Å². The van der Waals surface area contributed by atoms with Crippen LogP contribution in [0.1, 0.15) is 6.92 Å². The maximum atomic E-state index is 5.77. The van der Waals surface area contributed by atoms with Gasteiger partial charge in [-0.3, -0.25) is 4.84 Å². The molecule has 0 bridgehead atoms. The molecule has 0 fully saturated rings. The number of rotatable bonds is 3. The topological polar surface area (TPSA) is 13.1 Å². The van der Waals surface area contributed by atoms with Crippen LogP contribution in [-0.2, 0) is 0 Å². The van der Waals surface area contributed by atoms with Crippen molar-refractivity contribution in [2.75, 3.05) is 6.61 Å². The van der Waals surface area contributed by atoms with Crippen LogP contribution in [0.2, 0.25) is 0 Å². The Kier molecular flexibility index (Phi) is 3.43. The van der Waals surface area contributed by atoms with Crippen LogP contribution in [0.3, 0.4) is 0 Å². The van der Waals surface area contributed by atoms with Crippen LogP contribution >= 0.6 is 0 Å². The molecule has 0 amide bonds. The minimum atomic E-state index is 0.632. The first-order chi connectivity index (χ1) is 11.4. The van der Waals surface area contributed by atoms with Gasteiger partial charge < -0.3 is 0 Å². The van der Waals surface area contributed by atoms with E-state index in [0.29, 0.717) is 6.61 Å². The lowest BCUT2D eigenvalue weighted by Gasteiger charge is -2.09. The normalized spacial score (nSPS) is 11.0. The second kappa shape index (κ2) is 5.73. The number of hydrogen-bond acceptors (Lipinski definition) is 1. The van der Waals surface area contributed by atoms with Crippen LogP contribution < -0.4 is 9.57 Å². The van der Waals surface area contributed by atoms with Crippen LogP contribution in [0.25, 0.3) is 32.8 Å². The SMILES string of the molecule is CCO[n+]1ccccc1-c1cc2ccccc2c2ccccc12. The maximum absolute atomic E-state index is 5.77. The van der Waals surface area contributed by atoms with E-state index in [2.05, 4.69) is 66.7 Å². The Balaban J connectivity index is 2.10. The van der Waals surface area contributed by atoms with E-state index in [1.807, 2.05) is 23.9 Å². The summed E-state index contributed by atoms with van der Waals surface area (Å²) in [5.41, 5.74) is 2.25. The van der Waals surface area contributed by atoms with Gasteiger partial charge in [-0.25, -0.2) is 0 Å². The number of hydrogen-bond donors (Lipinski definition) is 0. The zero-order valence-corrected chi connectivity index (χ0v) is 13.1. The predicted octanol–water partition coefficient (Wildman–Crippen LogP) is 4.40. The van der Waals surface area contributed by atoms with Gasteiger partial charge in [-0.05, 0) is 40.6 Å². The third kappa shape index (κ3) is 2.33. The molecule has 0 unspecified atom stereocenters. The molecular weight excluding hydrogens is 282 g/mol. The fraction of sp³-hybridized carbons (Fsp3) is 0.0952. The maximum Gasteiger partial charge on any atom is 0.265 e. The van der Waals surface area contributed by atoms with E-state index < -0.39 is 0 Å². The molecule has 3 aromatic carbocycles. The van der Waals surface area contributed by atoms with Gasteiger partial charge in [0.25, 0.3) is 5.69 Å². The Bertz CT molecular complexity index is 991. The Labute approximate surface area is 135 Å². The van der Waals surface area contributed by atoms with E-state index in [9.17, 15) is 0 Å². The lowest BCUT2D eigenvalue weighted by Crippen LogP contribution is -2.44. The van der Waals surface area contributed by atoms with Crippen molar-refractivity contribution < 1.29 is 9.57 Å². The lowest BCUT2D eigenvalue weighted by atomic mass is 9.95. The lowest BCUT2D eigenvalue weighted by molar-refractivity contribution is -0.882. The summed E-state index contributed by atoms with van der Waals surface area (Å²) in [7, 11) is 0. The molecule has 1 heterocycles. The number of fused-ring (bicyclic) bond motifs is 3. The molecule has 0 atom stereocenters. The van der Waals surface area contributed by atoms with Gasteiger partial charge in [-0.1, -0.05) is 48.5 Å². The fourth-order valence-electron chi connectivity index (χ4n) is 3.15. The zero-order chi connectivity index (χ0) is 15.6. The van der Waals surface area contributed by atoms with Gasteiger partial charge in [0.2, 0.25) is 6.20 Å². The number of aromatic nitrogens is 1. The first kappa shape index (κ1) is 13.8. The monoisotopic (exact) mass is 300 g/mol. The van der Waals surface area contributed by atoms with Crippen LogP contribution in [-0.4, -0.2) is 6.61 Å². The molecule has 0 N–H and O–H groups in total. The molecular formula is C21H18NO+. The van der Waals surface area contributed by atoms with Crippen molar-refractivity contribution in [3.05, 3.63) is 79.0 Å². The van der Waals surface area contributed by atoms with E-state index in [4.69, 9.17) is 4.84 Å². The second-order valence-corrected chi connectivity index (χ2v) is 5.52. The highest BCUT2D eigenvalue weighted by atomic mass is 16.7. The van der Waals surface area contributed by atoms with Crippen molar-refractivity contribution in [1.82, 2.24) is 0 Å². The molecule has 0 saturated heterocycles. The summed E-state index contributed by atoms with van der Waals surface area (Å²) in [6.45, 7) is 2.63. The Hall–Kier alpha value is -2.87. The molecule has 0 radical (unpaired) electrons. The quantitative estimate of drug-likeness (QED) is 0.404. The summed E-state index contributed by atoms with van der Waals surface area (Å²) in [4.78, 5) is 5.77. The van der Waals surface area contributed by atoms with Gasteiger partial charge in [0.05, 0.1) is 5.56 Å². The molecule has 2 heteroatoms. The molecule has 1 aromatic heterocycles. The summed E-state index contributed by atoms with van der Waals surface area (Å²) >= 11 is 0. The van der Waals surface area contributed by atoms with E-state index in [1.54, 1.807) is 0 Å². The third-order valence-corrected chi connectivity index (χ3v) is 4.14. The zero-order valence-electron chi connectivity index (χ0n) is 13.1. The summed E-state index contributed by atoms with van der Waals surface area (Å²) < 4.78 is 1.86. The summed E-state index contributed by atoms with van der Waals surface area (Å²) in [6, 6.07) is 25.5. The molecule has 0 saturated carbocycles. The number of benzene rings is 3. The van der Waals surface area contributed by atoms with Gasteiger partial charge in [0.1, 0.15) is 0 Å². The standard InChI is InChI=1S/C21H18NO/c1-2-23-22-14-8-7-13-21(22)20-15-16-9-3-4-10-17(16)18-11-5-6-12-19(18)20/h3-15H,2H2,1H3/q+1. The van der Waals surface area contributed by atoms with Crippen LogP contribution in [0.4, 0.5) is 0 Å². The van der Waals surface area contributed by atoms with Crippen LogP contribution in [0.5, 0.6) is 0 Å². The van der Waals surface area contributed by atoms with Gasteiger partial charge >= 0.3 is 0 Å². The van der Waals surface area contributed by atoms with Crippen molar-refractivity contribution in [2.24, 2.45) is 0 Å². The highest BCUT2D eigenvalue weighted by Gasteiger charge is 2.18. The van der Waals surface area contributed by atoms with Crippen LogP contribution in [0, 0.1) is 0 Å². The van der Waals surface area contributed by atoms with Gasteiger partial charge in [-0.15, -0.1) is 0 Å². The highest BCUT2D eigenvalue weighted by Crippen LogP contribution is 2.33. The Morgan fingerprint density at radius 3 is 2.30 bits per heavy atom. The van der Waals surface area contributed by atoms with Crippen molar-refractivity contribution >= 4 is 21.5 Å².